The molecule has 2 aromatic heterocycles. The van der Waals surface area contributed by atoms with Gasteiger partial charge in [-0.2, -0.15) is 0 Å². The van der Waals surface area contributed by atoms with Gasteiger partial charge in [0.1, 0.15) is 5.69 Å². The van der Waals surface area contributed by atoms with Crippen LogP contribution < -0.4 is 5.56 Å². The molecule has 0 atom stereocenters. The van der Waals surface area contributed by atoms with Gasteiger partial charge in [-0.05, 0) is 45.4 Å². The largest absolute Gasteiger partial charge is 0.461 e. The van der Waals surface area contributed by atoms with Gasteiger partial charge in [0.15, 0.2) is 5.78 Å². The average Bonchev–Trinajstić information content (AvgIpc) is 2.92. The lowest BCUT2D eigenvalue weighted by Gasteiger charge is -2.07. The number of Topliss-reactive ketones (excluding diaryl/α,β-unsaturated/α-hetero) is 1. The first kappa shape index (κ1) is 18.6. The van der Waals surface area contributed by atoms with Crippen LogP contribution >= 0.6 is 0 Å². The number of hydrogen-bond donors (Lipinski definition) is 1. The fraction of sp³-hybridized carbons (Fsp3) is 0.300. The second kappa shape index (κ2) is 7.19. The van der Waals surface area contributed by atoms with E-state index in [-0.39, 0.29) is 30.2 Å². The molecule has 0 saturated carbocycles. The van der Waals surface area contributed by atoms with Crippen LogP contribution in [0.25, 0.3) is 10.9 Å². The number of ether oxygens (including phenoxy) is 1. The normalized spacial score (nSPS) is 11.0. The van der Waals surface area contributed by atoms with Gasteiger partial charge < -0.3 is 9.72 Å². The van der Waals surface area contributed by atoms with Gasteiger partial charge in [0, 0.05) is 11.3 Å². The molecule has 27 heavy (non-hydrogen) atoms. The number of hydrogen-bond acceptors (Lipinski definition) is 5. The first-order valence-electron chi connectivity index (χ1n) is 8.68. The summed E-state index contributed by atoms with van der Waals surface area (Å²) in [5.41, 5.74) is 3.02. The van der Waals surface area contributed by atoms with Crippen LogP contribution in [0.4, 0.5) is 0 Å². The highest BCUT2D eigenvalue weighted by Crippen LogP contribution is 2.20. The van der Waals surface area contributed by atoms with Crippen molar-refractivity contribution in [2.75, 3.05) is 6.61 Å². The molecule has 140 valence electrons. The van der Waals surface area contributed by atoms with Crippen molar-refractivity contribution in [3.8, 4) is 0 Å². The number of H-pyrrole nitrogens is 1. The molecular weight excluding hydrogens is 346 g/mol. The van der Waals surface area contributed by atoms with Gasteiger partial charge in [-0.25, -0.2) is 9.78 Å². The van der Waals surface area contributed by atoms with E-state index < -0.39 is 5.97 Å². The van der Waals surface area contributed by atoms with Gasteiger partial charge in [0.2, 0.25) is 0 Å². The number of nitrogens with zero attached hydrogens (tertiary/aromatic N) is 2. The van der Waals surface area contributed by atoms with Gasteiger partial charge in [0.05, 0.1) is 30.4 Å². The third-order valence-corrected chi connectivity index (χ3v) is 4.49. The standard InChI is InChI=1S/C20H21N3O4/c1-5-27-20(26)18-12(3)17(13(4)22-18)16(24)9-23-10-21-15-7-6-11(2)8-14(15)19(23)25/h6-8,10,22H,5,9H2,1-4H3. The first-order chi connectivity index (χ1) is 12.8. The highest BCUT2D eigenvalue weighted by molar-refractivity contribution is 6.02. The van der Waals surface area contributed by atoms with Crippen LogP contribution in [0.5, 0.6) is 0 Å². The minimum atomic E-state index is -0.503. The van der Waals surface area contributed by atoms with Crippen LogP contribution in [-0.2, 0) is 11.3 Å². The maximum absolute atomic E-state index is 12.8. The third kappa shape index (κ3) is 3.40. The molecule has 7 nitrogen and oxygen atoms in total. The molecule has 1 N–H and O–H groups in total. The number of esters is 1. The fourth-order valence-corrected chi connectivity index (χ4v) is 3.19. The number of carbonyl (C=O) groups excluding carboxylic acids is 2. The van der Waals surface area contributed by atoms with Crippen molar-refractivity contribution in [1.29, 1.82) is 0 Å². The Bertz CT molecular complexity index is 1110. The summed E-state index contributed by atoms with van der Waals surface area (Å²) in [7, 11) is 0. The van der Waals surface area contributed by atoms with Crippen molar-refractivity contribution < 1.29 is 14.3 Å². The summed E-state index contributed by atoms with van der Waals surface area (Å²) in [5.74, 6) is -0.773. The Kier molecular flexibility index (Phi) is 4.94. The van der Waals surface area contributed by atoms with Crippen LogP contribution in [-0.4, -0.2) is 32.9 Å². The maximum atomic E-state index is 12.8. The number of carbonyl (C=O) groups is 2. The lowest BCUT2D eigenvalue weighted by molar-refractivity contribution is 0.0519. The Hall–Kier alpha value is -3.22. The van der Waals surface area contributed by atoms with E-state index in [1.54, 1.807) is 32.9 Å². The molecule has 0 radical (unpaired) electrons. The Labute approximate surface area is 156 Å². The summed E-state index contributed by atoms with van der Waals surface area (Å²) in [5, 5.41) is 0.472. The summed E-state index contributed by atoms with van der Waals surface area (Å²) in [6, 6.07) is 5.43. The van der Waals surface area contributed by atoms with E-state index in [9.17, 15) is 14.4 Å². The van der Waals surface area contributed by atoms with Gasteiger partial charge >= 0.3 is 5.97 Å². The highest BCUT2D eigenvalue weighted by Gasteiger charge is 2.23. The van der Waals surface area contributed by atoms with E-state index in [1.165, 1.54) is 10.9 Å². The number of aryl methyl sites for hydroxylation is 2. The molecule has 0 saturated heterocycles. The number of ketones is 1. The quantitative estimate of drug-likeness (QED) is 0.553. The van der Waals surface area contributed by atoms with Gasteiger partial charge in [-0.1, -0.05) is 11.6 Å². The second-order valence-electron chi connectivity index (χ2n) is 6.47. The molecule has 7 heteroatoms. The zero-order valence-corrected chi connectivity index (χ0v) is 15.8. The molecule has 0 unspecified atom stereocenters. The first-order valence-corrected chi connectivity index (χ1v) is 8.68. The second-order valence-corrected chi connectivity index (χ2v) is 6.47. The fourth-order valence-electron chi connectivity index (χ4n) is 3.19. The average molecular weight is 367 g/mol. The number of nitrogens with one attached hydrogen (secondary N) is 1. The van der Waals surface area contributed by atoms with Crippen LogP contribution in [0.2, 0.25) is 0 Å². The topological polar surface area (TPSA) is 94.1 Å². The van der Waals surface area contributed by atoms with E-state index in [1.807, 2.05) is 13.0 Å². The van der Waals surface area contributed by atoms with E-state index in [4.69, 9.17) is 4.74 Å². The van der Waals surface area contributed by atoms with Crippen LogP contribution in [0.1, 0.15) is 44.6 Å². The van der Waals surface area contributed by atoms with Gasteiger partial charge in [-0.15, -0.1) is 0 Å². The molecule has 0 aliphatic heterocycles. The summed E-state index contributed by atoms with van der Waals surface area (Å²) in [6.07, 6.45) is 1.38. The molecule has 0 fully saturated rings. The molecule has 3 aromatic rings. The molecule has 0 amide bonds. The molecule has 0 aliphatic carbocycles. The zero-order chi connectivity index (χ0) is 19.7. The zero-order valence-electron chi connectivity index (χ0n) is 15.8. The lowest BCUT2D eigenvalue weighted by atomic mass is 10.1. The van der Waals surface area contributed by atoms with E-state index in [2.05, 4.69) is 9.97 Å². The minimum absolute atomic E-state index is 0.155. The summed E-state index contributed by atoms with van der Waals surface area (Å²) in [6.45, 7) is 7.11. The Morgan fingerprint density at radius 1 is 1.22 bits per heavy atom. The number of rotatable bonds is 5. The molecular formula is C20H21N3O4. The van der Waals surface area contributed by atoms with Crippen molar-refractivity contribution in [2.24, 2.45) is 0 Å². The minimum Gasteiger partial charge on any atom is -0.461 e. The highest BCUT2D eigenvalue weighted by atomic mass is 16.5. The van der Waals surface area contributed by atoms with Crippen molar-refractivity contribution >= 4 is 22.7 Å². The number of fused-ring (bicyclic) bond motifs is 1. The lowest BCUT2D eigenvalue weighted by Crippen LogP contribution is -2.25. The van der Waals surface area contributed by atoms with E-state index in [0.29, 0.717) is 27.7 Å². The van der Waals surface area contributed by atoms with Crippen molar-refractivity contribution in [1.82, 2.24) is 14.5 Å². The molecule has 3 rings (SSSR count). The van der Waals surface area contributed by atoms with E-state index in [0.717, 1.165) is 5.56 Å². The van der Waals surface area contributed by atoms with Gasteiger partial charge in [-0.3, -0.25) is 14.2 Å². The monoisotopic (exact) mass is 367 g/mol. The molecule has 0 bridgehead atoms. The molecule has 0 aliphatic rings. The Morgan fingerprint density at radius 3 is 2.67 bits per heavy atom. The van der Waals surface area contributed by atoms with Crippen molar-refractivity contribution in [3.63, 3.8) is 0 Å². The predicted octanol–water partition coefficient (Wildman–Crippen LogP) is 2.71. The number of aromatic nitrogens is 3. The molecule has 2 heterocycles. The predicted molar refractivity (Wildman–Crippen MR) is 101 cm³/mol. The Morgan fingerprint density at radius 2 is 1.96 bits per heavy atom. The summed E-state index contributed by atoms with van der Waals surface area (Å²) >= 11 is 0. The number of aromatic amines is 1. The van der Waals surface area contributed by atoms with Crippen molar-refractivity contribution in [2.45, 2.75) is 34.2 Å². The van der Waals surface area contributed by atoms with E-state index >= 15 is 0 Å². The van der Waals surface area contributed by atoms with Gasteiger partial charge in [0.25, 0.3) is 5.56 Å². The van der Waals surface area contributed by atoms with Crippen molar-refractivity contribution in [3.05, 3.63) is 63.0 Å². The third-order valence-electron chi connectivity index (χ3n) is 4.49. The maximum Gasteiger partial charge on any atom is 0.355 e. The smallest absolute Gasteiger partial charge is 0.355 e. The number of benzene rings is 1. The SMILES string of the molecule is CCOC(=O)c1[nH]c(C)c(C(=O)Cn2cnc3ccc(C)cc3c2=O)c1C. The molecule has 1 aromatic carbocycles. The van der Waals surface area contributed by atoms with Crippen LogP contribution in [0.15, 0.2) is 29.3 Å². The van der Waals surface area contributed by atoms with Crippen LogP contribution in [0, 0.1) is 20.8 Å². The molecule has 0 spiro atoms. The van der Waals surface area contributed by atoms with Crippen LogP contribution in [0.3, 0.4) is 0 Å². The summed E-state index contributed by atoms with van der Waals surface area (Å²) in [4.78, 5) is 44.7. The Balaban J connectivity index is 1.97. The summed E-state index contributed by atoms with van der Waals surface area (Å²) < 4.78 is 6.30.